The Morgan fingerprint density at radius 1 is 1.36 bits per heavy atom. The quantitative estimate of drug-likeness (QED) is 0.497. The van der Waals surface area contributed by atoms with Gasteiger partial charge >= 0.3 is 0 Å². The van der Waals surface area contributed by atoms with Crippen molar-refractivity contribution in [1.82, 2.24) is 0 Å². The molecule has 1 atom stereocenters. The molecule has 1 unspecified atom stereocenters. The fourth-order valence-corrected chi connectivity index (χ4v) is 2.76. The first-order chi connectivity index (χ1) is 5.40. The molecule has 1 saturated carbocycles. The molecule has 0 radical (unpaired) electrons. The van der Waals surface area contributed by atoms with Crippen LogP contribution in [0.25, 0.3) is 0 Å². The highest BCUT2D eigenvalue weighted by Crippen LogP contribution is 2.45. The first kappa shape index (κ1) is 7.85. The molecule has 1 fully saturated rings. The van der Waals surface area contributed by atoms with Gasteiger partial charge in [-0.05, 0) is 44.4 Å². The average Bonchev–Trinajstić information content (AvgIpc) is 2.60. The molecule has 0 aromatic carbocycles. The first-order valence-electron chi connectivity index (χ1n) is 4.66. The van der Waals surface area contributed by atoms with Crippen LogP contribution in [0.2, 0.25) is 0 Å². The van der Waals surface area contributed by atoms with Gasteiger partial charge in [-0.3, -0.25) is 0 Å². The molecular weight excluding hydrogens is 200 g/mol. The molecule has 0 heterocycles. The van der Waals surface area contributed by atoms with E-state index in [0.29, 0.717) is 0 Å². The SMILES string of the molecule is BrCCCC1=C2CCC(C1)C2. The highest BCUT2D eigenvalue weighted by atomic mass is 79.9. The Balaban J connectivity index is 1.93. The van der Waals surface area contributed by atoms with Crippen molar-refractivity contribution in [3.8, 4) is 0 Å². The minimum atomic E-state index is 1.07. The molecule has 2 aliphatic carbocycles. The third-order valence-electron chi connectivity index (χ3n) is 3.04. The molecule has 0 aliphatic heterocycles. The van der Waals surface area contributed by atoms with E-state index in [1.165, 1.54) is 43.9 Å². The van der Waals surface area contributed by atoms with Gasteiger partial charge in [0.05, 0.1) is 0 Å². The summed E-state index contributed by atoms with van der Waals surface area (Å²) in [7, 11) is 0. The van der Waals surface area contributed by atoms with E-state index >= 15 is 0 Å². The third-order valence-corrected chi connectivity index (χ3v) is 3.60. The topological polar surface area (TPSA) is 0 Å². The lowest BCUT2D eigenvalue weighted by Gasteiger charge is -2.10. The van der Waals surface area contributed by atoms with Gasteiger partial charge in [0.25, 0.3) is 0 Å². The van der Waals surface area contributed by atoms with E-state index in [0.717, 1.165) is 5.92 Å². The van der Waals surface area contributed by atoms with E-state index in [1.54, 1.807) is 0 Å². The van der Waals surface area contributed by atoms with Crippen LogP contribution < -0.4 is 0 Å². The Morgan fingerprint density at radius 2 is 2.27 bits per heavy atom. The van der Waals surface area contributed by atoms with Gasteiger partial charge in [-0.2, -0.15) is 0 Å². The van der Waals surface area contributed by atoms with E-state index in [4.69, 9.17) is 0 Å². The normalized spacial score (nSPS) is 28.6. The van der Waals surface area contributed by atoms with E-state index < -0.39 is 0 Å². The number of hydrogen-bond acceptors (Lipinski definition) is 0. The molecule has 11 heavy (non-hydrogen) atoms. The second kappa shape index (κ2) is 3.30. The second-order valence-corrected chi connectivity index (χ2v) is 4.61. The van der Waals surface area contributed by atoms with Crippen molar-refractivity contribution in [3.05, 3.63) is 11.1 Å². The van der Waals surface area contributed by atoms with Gasteiger partial charge in [-0.1, -0.05) is 27.1 Å². The molecule has 0 amide bonds. The Bertz CT molecular complexity index is 181. The van der Waals surface area contributed by atoms with Crippen LogP contribution in [-0.4, -0.2) is 5.33 Å². The third kappa shape index (κ3) is 1.53. The van der Waals surface area contributed by atoms with Crippen molar-refractivity contribution in [2.75, 3.05) is 5.33 Å². The largest absolute Gasteiger partial charge is 0.0928 e. The Morgan fingerprint density at radius 3 is 2.82 bits per heavy atom. The van der Waals surface area contributed by atoms with Gasteiger partial charge in [-0.15, -0.1) is 0 Å². The van der Waals surface area contributed by atoms with Crippen LogP contribution in [0.4, 0.5) is 0 Å². The number of allylic oxidation sites excluding steroid dienone is 2. The van der Waals surface area contributed by atoms with E-state index in [2.05, 4.69) is 15.9 Å². The van der Waals surface area contributed by atoms with Crippen LogP contribution in [0.5, 0.6) is 0 Å². The first-order valence-corrected chi connectivity index (χ1v) is 5.78. The maximum Gasteiger partial charge on any atom is 0.00343 e. The van der Waals surface area contributed by atoms with Crippen LogP contribution in [0.3, 0.4) is 0 Å². The summed E-state index contributed by atoms with van der Waals surface area (Å²) < 4.78 is 0. The lowest BCUT2D eigenvalue weighted by Crippen LogP contribution is -1.94. The number of rotatable bonds is 3. The molecule has 1 heteroatoms. The maximum absolute atomic E-state index is 3.49. The summed E-state index contributed by atoms with van der Waals surface area (Å²) in [6.07, 6.45) is 8.54. The fourth-order valence-electron chi connectivity index (χ4n) is 2.48. The number of halogens is 1. The minimum absolute atomic E-state index is 1.07. The molecule has 0 nitrogen and oxygen atoms in total. The molecular formula is C10H15Br. The van der Waals surface area contributed by atoms with Gasteiger partial charge in [0.15, 0.2) is 0 Å². The van der Waals surface area contributed by atoms with Crippen molar-refractivity contribution in [1.29, 1.82) is 0 Å². The monoisotopic (exact) mass is 214 g/mol. The molecule has 0 N–H and O–H groups in total. The van der Waals surface area contributed by atoms with Crippen LogP contribution in [-0.2, 0) is 0 Å². The predicted molar refractivity (Wildman–Crippen MR) is 52.0 cm³/mol. The molecule has 0 aromatic rings. The standard InChI is InChI=1S/C10H15Br/c11-5-1-2-9-6-8-3-4-10(9)7-8/h8H,1-7H2. The second-order valence-electron chi connectivity index (χ2n) is 3.81. The summed E-state index contributed by atoms with van der Waals surface area (Å²) in [5.41, 5.74) is 3.65. The van der Waals surface area contributed by atoms with Crippen LogP contribution in [0, 0.1) is 5.92 Å². The summed E-state index contributed by atoms with van der Waals surface area (Å²) in [6, 6.07) is 0. The minimum Gasteiger partial charge on any atom is -0.0928 e. The lowest BCUT2D eigenvalue weighted by molar-refractivity contribution is 0.553. The van der Waals surface area contributed by atoms with Crippen molar-refractivity contribution < 1.29 is 0 Å². The number of fused-ring (bicyclic) bond motifs is 2. The zero-order valence-electron chi connectivity index (χ0n) is 6.91. The highest BCUT2D eigenvalue weighted by molar-refractivity contribution is 9.09. The summed E-state index contributed by atoms with van der Waals surface area (Å²) >= 11 is 3.49. The molecule has 0 spiro atoms. The van der Waals surface area contributed by atoms with Crippen LogP contribution in [0.15, 0.2) is 11.1 Å². The molecule has 2 aliphatic rings. The Kier molecular flexibility index (Phi) is 2.36. The van der Waals surface area contributed by atoms with Crippen LogP contribution >= 0.6 is 15.9 Å². The molecule has 62 valence electrons. The van der Waals surface area contributed by atoms with E-state index in [1.807, 2.05) is 11.1 Å². The summed E-state index contributed by atoms with van der Waals surface area (Å²) in [6.45, 7) is 0. The molecule has 0 aromatic heterocycles. The van der Waals surface area contributed by atoms with Crippen molar-refractivity contribution in [2.45, 2.75) is 38.5 Å². The van der Waals surface area contributed by atoms with Gasteiger partial charge in [0, 0.05) is 5.33 Å². The van der Waals surface area contributed by atoms with Gasteiger partial charge in [-0.25, -0.2) is 0 Å². The van der Waals surface area contributed by atoms with Gasteiger partial charge < -0.3 is 0 Å². The average molecular weight is 215 g/mol. The zero-order valence-corrected chi connectivity index (χ0v) is 8.49. The smallest absolute Gasteiger partial charge is 0.00343 e. The predicted octanol–water partition coefficient (Wildman–Crippen LogP) is 3.66. The van der Waals surface area contributed by atoms with Gasteiger partial charge in [0.1, 0.15) is 0 Å². The van der Waals surface area contributed by atoms with Crippen molar-refractivity contribution in [3.63, 3.8) is 0 Å². The van der Waals surface area contributed by atoms with Crippen molar-refractivity contribution in [2.24, 2.45) is 5.92 Å². The number of hydrogen-bond donors (Lipinski definition) is 0. The fraction of sp³-hybridized carbons (Fsp3) is 0.800. The van der Waals surface area contributed by atoms with Crippen LogP contribution in [0.1, 0.15) is 38.5 Å². The summed E-state index contributed by atoms with van der Waals surface area (Å²) in [4.78, 5) is 0. The molecule has 2 rings (SSSR count). The summed E-state index contributed by atoms with van der Waals surface area (Å²) in [5.74, 6) is 1.07. The number of alkyl halides is 1. The Labute approximate surface area is 77.2 Å². The Hall–Kier alpha value is 0.220. The van der Waals surface area contributed by atoms with E-state index in [9.17, 15) is 0 Å². The lowest BCUT2D eigenvalue weighted by atomic mass is 9.96. The van der Waals surface area contributed by atoms with Crippen molar-refractivity contribution >= 4 is 15.9 Å². The van der Waals surface area contributed by atoms with E-state index in [-0.39, 0.29) is 0 Å². The maximum atomic E-state index is 3.49. The zero-order chi connectivity index (χ0) is 7.68. The summed E-state index contributed by atoms with van der Waals surface area (Å²) in [5, 5.41) is 1.18. The molecule has 2 bridgehead atoms. The highest BCUT2D eigenvalue weighted by Gasteiger charge is 2.29. The van der Waals surface area contributed by atoms with Gasteiger partial charge in [0.2, 0.25) is 0 Å². The molecule has 0 saturated heterocycles.